The van der Waals surface area contributed by atoms with E-state index in [9.17, 15) is 5.11 Å². The number of methoxy groups -OCH3 is 1. The Morgan fingerprint density at radius 1 is 0.923 bits per heavy atom. The molecule has 0 heterocycles. The second-order valence-electron chi connectivity index (χ2n) is 6.62. The van der Waals surface area contributed by atoms with E-state index >= 15 is 0 Å². The zero-order valence-electron chi connectivity index (χ0n) is 15.5. The third-order valence-electron chi connectivity index (χ3n) is 4.91. The van der Waals surface area contributed by atoms with Crippen molar-refractivity contribution in [2.24, 2.45) is 0 Å². The lowest BCUT2D eigenvalue weighted by molar-refractivity contribution is 0.272. The number of aliphatic hydroxyl groups excluding tert-OH is 1. The van der Waals surface area contributed by atoms with Gasteiger partial charge in [-0.1, -0.05) is 60.7 Å². The van der Waals surface area contributed by atoms with Crippen molar-refractivity contribution < 1.29 is 9.84 Å². The highest BCUT2D eigenvalue weighted by Crippen LogP contribution is 2.33. The number of hydrogen-bond acceptors (Lipinski definition) is 3. The molecule has 2 unspecified atom stereocenters. The van der Waals surface area contributed by atoms with Crippen LogP contribution in [0.25, 0.3) is 10.8 Å². The van der Waals surface area contributed by atoms with Gasteiger partial charge in [0.1, 0.15) is 5.75 Å². The second-order valence-corrected chi connectivity index (χ2v) is 6.62. The van der Waals surface area contributed by atoms with Crippen LogP contribution in [-0.4, -0.2) is 18.8 Å². The standard InChI is InChI=1S/C23H27NO2/c1-17(24-22(13-8-16-25)18-9-4-3-5-10-18)19-14-15-23(26-2)21-12-7-6-11-20(19)21/h3-7,9-12,14-15,17,22,24-25H,8,13,16H2,1-2H3. The van der Waals surface area contributed by atoms with Crippen molar-refractivity contribution in [3.8, 4) is 5.75 Å². The fourth-order valence-corrected chi connectivity index (χ4v) is 3.57. The number of aliphatic hydroxyl groups is 1. The molecule has 0 saturated heterocycles. The second kappa shape index (κ2) is 8.84. The summed E-state index contributed by atoms with van der Waals surface area (Å²) in [5.41, 5.74) is 2.51. The van der Waals surface area contributed by atoms with Gasteiger partial charge >= 0.3 is 0 Å². The van der Waals surface area contributed by atoms with Crippen molar-refractivity contribution in [1.29, 1.82) is 0 Å². The van der Waals surface area contributed by atoms with Gasteiger partial charge in [-0.2, -0.15) is 0 Å². The zero-order chi connectivity index (χ0) is 18.4. The third-order valence-corrected chi connectivity index (χ3v) is 4.91. The highest BCUT2D eigenvalue weighted by Gasteiger charge is 2.17. The normalized spacial score (nSPS) is 13.5. The van der Waals surface area contributed by atoms with E-state index in [1.165, 1.54) is 16.5 Å². The zero-order valence-corrected chi connectivity index (χ0v) is 15.5. The molecule has 3 nitrogen and oxygen atoms in total. The van der Waals surface area contributed by atoms with Gasteiger partial charge in [0.15, 0.2) is 0 Å². The monoisotopic (exact) mass is 349 g/mol. The Labute approximate surface area is 155 Å². The van der Waals surface area contributed by atoms with E-state index < -0.39 is 0 Å². The Morgan fingerprint density at radius 3 is 2.31 bits per heavy atom. The number of rotatable bonds is 8. The summed E-state index contributed by atoms with van der Waals surface area (Å²) in [4.78, 5) is 0. The molecule has 0 spiro atoms. The summed E-state index contributed by atoms with van der Waals surface area (Å²) < 4.78 is 5.52. The van der Waals surface area contributed by atoms with E-state index in [4.69, 9.17) is 4.74 Å². The summed E-state index contributed by atoms with van der Waals surface area (Å²) in [6.45, 7) is 2.41. The SMILES string of the molecule is COc1ccc(C(C)NC(CCCO)c2ccccc2)c2ccccc12. The van der Waals surface area contributed by atoms with Crippen LogP contribution >= 0.6 is 0 Å². The van der Waals surface area contributed by atoms with Crippen molar-refractivity contribution in [2.45, 2.75) is 31.8 Å². The van der Waals surface area contributed by atoms with Crippen molar-refractivity contribution in [3.63, 3.8) is 0 Å². The van der Waals surface area contributed by atoms with Gasteiger partial charge in [-0.05, 0) is 42.3 Å². The summed E-state index contributed by atoms with van der Waals surface area (Å²) in [5, 5.41) is 15.4. The van der Waals surface area contributed by atoms with Gasteiger partial charge in [0, 0.05) is 24.1 Å². The molecule has 0 radical (unpaired) electrons. The molecule has 0 bridgehead atoms. The first-order valence-corrected chi connectivity index (χ1v) is 9.22. The minimum absolute atomic E-state index is 0.176. The number of fused-ring (bicyclic) bond motifs is 1. The van der Waals surface area contributed by atoms with Crippen LogP contribution in [0.2, 0.25) is 0 Å². The van der Waals surface area contributed by atoms with Crippen LogP contribution in [0, 0.1) is 0 Å². The Kier molecular flexibility index (Phi) is 6.26. The lowest BCUT2D eigenvalue weighted by atomic mass is 9.96. The number of benzene rings is 3. The number of nitrogens with one attached hydrogen (secondary N) is 1. The molecule has 2 atom stereocenters. The molecule has 0 aromatic heterocycles. The quantitative estimate of drug-likeness (QED) is 0.600. The Hall–Kier alpha value is -2.36. The summed E-state index contributed by atoms with van der Waals surface area (Å²) in [6, 6.07) is 23.4. The molecule has 3 aromatic carbocycles. The van der Waals surface area contributed by atoms with E-state index in [1.807, 2.05) is 18.2 Å². The summed E-state index contributed by atoms with van der Waals surface area (Å²) in [6.07, 6.45) is 1.68. The number of hydrogen-bond donors (Lipinski definition) is 2. The van der Waals surface area contributed by atoms with E-state index in [1.54, 1.807) is 7.11 Å². The maximum atomic E-state index is 9.27. The van der Waals surface area contributed by atoms with Crippen LogP contribution in [0.1, 0.15) is 43.0 Å². The molecule has 0 aliphatic rings. The van der Waals surface area contributed by atoms with Crippen LogP contribution in [0.3, 0.4) is 0 Å². The number of ether oxygens (including phenoxy) is 1. The van der Waals surface area contributed by atoms with E-state index in [2.05, 4.69) is 60.8 Å². The summed E-state index contributed by atoms with van der Waals surface area (Å²) >= 11 is 0. The van der Waals surface area contributed by atoms with Crippen molar-refractivity contribution >= 4 is 10.8 Å². The van der Waals surface area contributed by atoms with Gasteiger partial charge < -0.3 is 15.2 Å². The molecule has 26 heavy (non-hydrogen) atoms. The fraction of sp³-hybridized carbons (Fsp3) is 0.304. The van der Waals surface area contributed by atoms with Crippen LogP contribution in [0.15, 0.2) is 66.7 Å². The first-order valence-electron chi connectivity index (χ1n) is 9.22. The van der Waals surface area contributed by atoms with Gasteiger partial charge in [0.25, 0.3) is 0 Å². The van der Waals surface area contributed by atoms with E-state index in [0.29, 0.717) is 0 Å². The molecule has 3 rings (SSSR count). The van der Waals surface area contributed by atoms with Gasteiger partial charge in [0.2, 0.25) is 0 Å². The first-order chi connectivity index (χ1) is 12.7. The molecule has 0 amide bonds. The molecule has 136 valence electrons. The van der Waals surface area contributed by atoms with Crippen molar-refractivity contribution in [3.05, 3.63) is 77.9 Å². The predicted octanol–water partition coefficient (Wildman–Crippen LogP) is 5.01. The summed E-state index contributed by atoms with van der Waals surface area (Å²) in [7, 11) is 1.71. The maximum absolute atomic E-state index is 9.27. The minimum Gasteiger partial charge on any atom is -0.496 e. The average molecular weight is 349 g/mol. The fourth-order valence-electron chi connectivity index (χ4n) is 3.57. The van der Waals surface area contributed by atoms with Gasteiger partial charge in [-0.3, -0.25) is 0 Å². The first kappa shape index (κ1) is 18.4. The van der Waals surface area contributed by atoms with Crippen molar-refractivity contribution in [1.82, 2.24) is 5.32 Å². The molecule has 0 aliphatic heterocycles. The van der Waals surface area contributed by atoms with Crippen LogP contribution < -0.4 is 10.1 Å². The Bertz CT molecular complexity index is 832. The molecular formula is C23H27NO2. The average Bonchev–Trinajstić information content (AvgIpc) is 2.70. The highest BCUT2D eigenvalue weighted by atomic mass is 16.5. The van der Waals surface area contributed by atoms with E-state index in [-0.39, 0.29) is 18.7 Å². The lowest BCUT2D eigenvalue weighted by Gasteiger charge is -2.25. The molecular weight excluding hydrogens is 322 g/mol. The molecule has 0 aliphatic carbocycles. The molecule has 2 N–H and O–H groups in total. The van der Waals surface area contributed by atoms with Gasteiger partial charge in [-0.25, -0.2) is 0 Å². The third kappa shape index (κ3) is 4.06. The minimum atomic E-state index is 0.176. The van der Waals surface area contributed by atoms with Crippen LogP contribution in [0.4, 0.5) is 0 Å². The van der Waals surface area contributed by atoms with Gasteiger partial charge in [0.05, 0.1) is 7.11 Å². The topological polar surface area (TPSA) is 41.5 Å². The van der Waals surface area contributed by atoms with Crippen molar-refractivity contribution in [2.75, 3.05) is 13.7 Å². The molecule has 3 aromatic rings. The lowest BCUT2D eigenvalue weighted by Crippen LogP contribution is -2.25. The Morgan fingerprint density at radius 2 is 1.62 bits per heavy atom. The predicted molar refractivity (Wildman–Crippen MR) is 108 cm³/mol. The van der Waals surface area contributed by atoms with Crippen LogP contribution in [-0.2, 0) is 0 Å². The molecule has 0 fully saturated rings. The molecule has 0 saturated carbocycles. The maximum Gasteiger partial charge on any atom is 0.126 e. The highest BCUT2D eigenvalue weighted by molar-refractivity contribution is 5.91. The van der Waals surface area contributed by atoms with Crippen LogP contribution in [0.5, 0.6) is 5.75 Å². The van der Waals surface area contributed by atoms with E-state index in [0.717, 1.165) is 24.0 Å². The largest absolute Gasteiger partial charge is 0.496 e. The Balaban J connectivity index is 1.90. The van der Waals surface area contributed by atoms with Gasteiger partial charge in [-0.15, -0.1) is 0 Å². The molecule has 3 heteroatoms. The smallest absolute Gasteiger partial charge is 0.126 e. The summed E-state index contributed by atoms with van der Waals surface area (Å²) in [5.74, 6) is 0.899.